The number of ether oxygens (including phenoxy) is 6. The fraction of sp³-hybridized carbons (Fsp3) is 0.770. The third kappa shape index (κ3) is 33.4. The monoisotopic (exact) mass is 1080 g/mol. The minimum atomic E-state index is -1.78. The highest BCUT2D eigenvalue weighted by Crippen LogP contribution is 2.26. The largest absolute Gasteiger partial charge is 0.462 e. The summed E-state index contributed by atoms with van der Waals surface area (Å²) in [6.45, 7) is 2.48. The standard InChI is InChI=1S/C61H104O15/c1-3-5-7-9-11-13-15-17-19-21-22-23-24-25-26-28-30-32-34-36-38-40-42-44-53(64)74-49(46-71-52(63)43-41-39-37-35-33-31-29-27-20-18-16-14-12-10-8-6-4-2)47-72-60-59(70)57(68)55(66)51(76-60)48-73-61-58(69)56(67)54(65)50(45-62)75-61/h12,14,18,20,28-31,35-38,49-51,54-62,65-70H,3-11,13,15-17,19,21-27,32-34,39-48H2,1-2H3/b14-12+,20-18+,30-28+,31-29+,37-35+,38-36+/t49-,50+,51+,54-,55-,56?,57?,58?,59?,60+,61+/m1/s1. The molecule has 2 aliphatic rings. The van der Waals surface area contributed by atoms with Crippen molar-refractivity contribution in [2.24, 2.45) is 0 Å². The summed E-state index contributed by atoms with van der Waals surface area (Å²) >= 11 is 0. The van der Waals surface area contributed by atoms with E-state index in [1.807, 2.05) is 6.08 Å². The van der Waals surface area contributed by atoms with Crippen molar-refractivity contribution >= 4 is 11.9 Å². The van der Waals surface area contributed by atoms with Crippen molar-refractivity contribution in [1.29, 1.82) is 0 Å². The quantitative estimate of drug-likeness (QED) is 0.0171. The summed E-state index contributed by atoms with van der Waals surface area (Å²) < 4.78 is 33.6. The molecule has 0 spiro atoms. The zero-order chi connectivity index (χ0) is 55.3. The topological polar surface area (TPSA) is 231 Å². The average molecular weight is 1080 g/mol. The third-order valence-electron chi connectivity index (χ3n) is 13.6. The zero-order valence-electron chi connectivity index (χ0n) is 46.7. The number of carbonyl (C=O) groups excluding carboxylic acids is 2. The van der Waals surface area contributed by atoms with Gasteiger partial charge in [0.25, 0.3) is 0 Å². The van der Waals surface area contributed by atoms with Crippen LogP contribution in [0.15, 0.2) is 72.9 Å². The van der Waals surface area contributed by atoms with Crippen LogP contribution in [0.3, 0.4) is 0 Å². The van der Waals surface area contributed by atoms with E-state index in [1.165, 1.54) is 109 Å². The van der Waals surface area contributed by atoms with Crippen LogP contribution in [0, 0.1) is 0 Å². The van der Waals surface area contributed by atoms with Crippen molar-refractivity contribution in [3.8, 4) is 0 Å². The lowest BCUT2D eigenvalue weighted by atomic mass is 9.98. The molecule has 7 N–H and O–H groups in total. The summed E-state index contributed by atoms with van der Waals surface area (Å²) in [7, 11) is 0. The molecule has 2 saturated heterocycles. The molecule has 76 heavy (non-hydrogen) atoms. The van der Waals surface area contributed by atoms with Crippen LogP contribution in [0.1, 0.15) is 206 Å². The minimum Gasteiger partial charge on any atom is -0.462 e. The SMILES string of the molecule is CCCCC/C=C/C/C=C/C/C=C/C/C=C/CCCC(=O)OC[C@H](CO[C@H]1O[C@@H](CO[C@H]2O[C@@H](CO)[C@@H](O)C(O)C2O)[C@@H](O)C(O)C1O)OC(=O)CCC/C=C/CC/C=C/CCCCCCCCCCCCCCCC. The van der Waals surface area contributed by atoms with Crippen molar-refractivity contribution in [1.82, 2.24) is 0 Å². The van der Waals surface area contributed by atoms with Gasteiger partial charge in [-0.1, -0.05) is 183 Å². The summed E-state index contributed by atoms with van der Waals surface area (Å²) in [5.74, 6) is -1.04. The first-order valence-corrected chi connectivity index (χ1v) is 29.5. The normalized spacial score (nSPS) is 24.9. The molecule has 0 saturated carbocycles. The number of allylic oxidation sites excluding steroid dienone is 12. The Morgan fingerprint density at radius 2 is 0.803 bits per heavy atom. The van der Waals surface area contributed by atoms with Gasteiger partial charge in [-0.05, 0) is 83.5 Å². The van der Waals surface area contributed by atoms with Gasteiger partial charge < -0.3 is 64.2 Å². The van der Waals surface area contributed by atoms with E-state index in [0.717, 1.165) is 44.9 Å². The van der Waals surface area contributed by atoms with Crippen molar-refractivity contribution in [2.75, 3.05) is 26.4 Å². The van der Waals surface area contributed by atoms with E-state index in [0.29, 0.717) is 25.7 Å². The predicted molar refractivity (Wildman–Crippen MR) is 298 cm³/mol. The summed E-state index contributed by atoms with van der Waals surface area (Å²) in [6.07, 6.45) is 40.9. The van der Waals surface area contributed by atoms with E-state index < -0.39 is 99.3 Å². The molecule has 2 aliphatic heterocycles. The fourth-order valence-electron chi connectivity index (χ4n) is 8.82. The summed E-state index contributed by atoms with van der Waals surface area (Å²) in [5.41, 5.74) is 0. The van der Waals surface area contributed by atoms with Crippen LogP contribution in [0.2, 0.25) is 0 Å². The molecule has 11 atom stereocenters. The summed E-state index contributed by atoms with van der Waals surface area (Å²) in [4.78, 5) is 25.8. The highest BCUT2D eigenvalue weighted by Gasteiger charge is 2.47. The van der Waals surface area contributed by atoms with Gasteiger partial charge in [-0.3, -0.25) is 9.59 Å². The molecule has 438 valence electrons. The molecule has 0 aromatic heterocycles. The molecule has 4 unspecified atom stereocenters. The van der Waals surface area contributed by atoms with E-state index in [9.17, 15) is 45.3 Å². The molecule has 2 rings (SSSR count). The van der Waals surface area contributed by atoms with Gasteiger partial charge in [-0.15, -0.1) is 0 Å². The fourth-order valence-corrected chi connectivity index (χ4v) is 8.82. The number of hydrogen-bond acceptors (Lipinski definition) is 15. The lowest BCUT2D eigenvalue weighted by molar-refractivity contribution is -0.332. The van der Waals surface area contributed by atoms with Gasteiger partial charge >= 0.3 is 11.9 Å². The molecular weight excluding hydrogens is 973 g/mol. The van der Waals surface area contributed by atoms with Gasteiger partial charge in [0.1, 0.15) is 55.4 Å². The Bertz CT molecular complexity index is 1590. The van der Waals surface area contributed by atoms with Crippen LogP contribution in [-0.4, -0.2) is 142 Å². The number of esters is 2. The second kappa shape index (κ2) is 46.8. The Morgan fingerprint density at radius 3 is 1.32 bits per heavy atom. The third-order valence-corrected chi connectivity index (χ3v) is 13.6. The smallest absolute Gasteiger partial charge is 0.306 e. The van der Waals surface area contributed by atoms with Crippen LogP contribution in [0.25, 0.3) is 0 Å². The molecule has 15 heteroatoms. The van der Waals surface area contributed by atoms with E-state index in [4.69, 9.17) is 28.4 Å². The Balaban J connectivity index is 1.79. The van der Waals surface area contributed by atoms with Gasteiger partial charge in [0.05, 0.1) is 19.8 Å². The molecular formula is C61H104O15. The Morgan fingerprint density at radius 1 is 0.421 bits per heavy atom. The van der Waals surface area contributed by atoms with Gasteiger partial charge in [-0.25, -0.2) is 0 Å². The highest BCUT2D eigenvalue weighted by atomic mass is 16.7. The molecule has 0 amide bonds. The number of carbonyl (C=O) groups is 2. The van der Waals surface area contributed by atoms with Crippen LogP contribution in [-0.2, 0) is 38.0 Å². The lowest BCUT2D eigenvalue weighted by Crippen LogP contribution is -2.61. The molecule has 0 radical (unpaired) electrons. The Hall–Kier alpha value is -3.06. The first-order valence-electron chi connectivity index (χ1n) is 29.5. The van der Waals surface area contributed by atoms with E-state index in [-0.39, 0.29) is 19.4 Å². The van der Waals surface area contributed by atoms with Crippen molar-refractivity contribution in [3.05, 3.63) is 72.9 Å². The van der Waals surface area contributed by atoms with E-state index in [1.54, 1.807) is 0 Å². The number of aliphatic hydroxyl groups excluding tert-OH is 7. The number of unbranched alkanes of at least 4 members (excludes halogenated alkanes) is 20. The average Bonchev–Trinajstić information content (AvgIpc) is 3.42. The second-order valence-electron chi connectivity index (χ2n) is 20.5. The van der Waals surface area contributed by atoms with E-state index >= 15 is 0 Å². The molecule has 0 aromatic rings. The van der Waals surface area contributed by atoms with Gasteiger partial charge in [0.2, 0.25) is 0 Å². The number of hydrogen-bond donors (Lipinski definition) is 7. The van der Waals surface area contributed by atoms with Gasteiger partial charge in [0, 0.05) is 12.8 Å². The Labute approximate surface area is 457 Å². The molecule has 2 fully saturated rings. The maximum atomic E-state index is 13.1. The minimum absolute atomic E-state index is 0.0911. The molecule has 0 aliphatic carbocycles. The predicted octanol–water partition coefficient (Wildman–Crippen LogP) is 10.2. The first kappa shape index (κ1) is 69.0. The van der Waals surface area contributed by atoms with Crippen LogP contribution in [0.5, 0.6) is 0 Å². The maximum Gasteiger partial charge on any atom is 0.306 e. The van der Waals surface area contributed by atoms with E-state index in [2.05, 4.69) is 80.7 Å². The maximum absolute atomic E-state index is 13.1. The van der Waals surface area contributed by atoms with Crippen LogP contribution in [0.4, 0.5) is 0 Å². The molecule has 2 heterocycles. The summed E-state index contributed by atoms with van der Waals surface area (Å²) in [5, 5.41) is 72.3. The second-order valence-corrected chi connectivity index (χ2v) is 20.5. The summed E-state index contributed by atoms with van der Waals surface area (Å²) in [6, 6.07) is 0. The number of rotatable bonds is 46. The van der Waals surface area contributed by atoms with Crippen LogP contribution >= 0.6 is 0 Å². The lowest BCUT2D eigenvalue weighted by Gasteiger charge is -2.42. The van der Waals surface area contributed by atoms with Crippen LogP contribution < -0.4 is 0 Å². The highest BCUT2D eigenvalue weighted by molar-refractivity contribution is 5.70. The zero-order valence-corrected chi connectivity index (χ0v) is 46.7. The molecule has 0 bridgehead atoms. The van der Waals surface area contributed by atoms with Crippen molar-refractivity contribution in [2.45, 2.75) is 274 Å². The number of aliphatic hydroxyl groups is 7. The first-order chi connectivity index (χ1) is 37.0. The van der Waals surface area contributed by atoms with Crippen molar-refractivity contribution < 1.29 is 73.8 Å². The molecule has 0 aromatic carbocycles. The van der Waals surface area contributed by atoms with Gasteiger partial charge in [0.15, 0.2) is 18.7 Å². The molecule has 15 nitrogen and oxygen atoms in total. The van der Waals surface area contributed by atoms with Crippen molar-refractivity contribution in [3.63, 3.8) is 0 Å². The Kier molecular flexibility index (Phi) is 42.5. The van der Waals surface area contributed by atoms with Gasteiger partial charge in [-0.2, -0.15) is 0 Å².